The van der Waals surface area contributed by atoms with E-state index in [1.165, 1.54) is 31.2 Å². The molecule has 0 saturated heterocycles. The van der Waals surface area contributed by atoms with Crippen molar-refractivity contribution in [3.8, 4) is 0 Å². The van der Waals surface area contributed by atoms with Crippen LogP contribution in [0.4, 0.5) is 4.39 Å². The summed E-state index contributed by atoms with van der Waals surface area (Å²) in [5, 5.41) is 1.77. The molecule has 2 aromatic rings. The number of benzene rings is 2. The molecular weight excluding hydrogens is 283 g/mol. The fourth-order valence-electron chi connectivity index (χ4n) is 3.75. The van der Waals surface area contributed by atoms with Gasteiger partial charge in [-0.15, -0.1) is 13.2 Å². The van der Waals surface area contributed by atoms with E-state index in [2.05, 4.69) is 37.4 Å². The number of aryl methyl sites for hydroxylation is 1. The molecule has 1 aliphatic carbocycles. The monoisotopic (exact) mass is 308 g/mol. The van der Waals surface area contributed by atoms with Gasteiger partial charge in [0.2, 0.25) is 0 Å². The highest BCUT2D eigenvalue weighted by Gasteiger charge is 2.21. The van der Waals surface area contributed by atoms with Gasteiger partial charge < -0.3 is 0 Å². The molecule has 0 atom stereocenters. The lowest BCUT2D eigenvalue weighted by Crippen LogP contribution is -2.11. The average Bonchev–Trinajstić information content (AvgIpc) is 2.61. The Hall–Kier alpha value is -1.89. The van der Waals surface area contributed by atoms with Crippen molar-refractivity contribution in [2.75, 3.05) is 0 Å². The molecule has 23 heavy (non-hydrogen) atoms. The van der Waals surface area contributed by atoms with E-state index in [0.717, 1.165) is 29.2 Å². The molecule has 0 N–H and O–H groups in total. The van der Waals surface area contributed by atoms with Crippen molar-refractivity contribution >= 4 is 10.8 Å². The maximum Gasteiger partial charge on any atom is 0.134 e. The van der Waals surface area contributed by atoms with Gasteiger partial charge in [0, 0.05) is 5.39 Å². The van der Waals surface area contributed by atoms with E-state index in [-0.39, 0.29) is 5.82 Å². The fraction of sp³-hybridized carbons (Fsp3) is 0.364. The van der Waals surface area contributed by atoms with Gasteiger partial charge in [-0.1, -0.05) is 42.5 Å². The molecular formula is C22H25F. The molecule has 0 spiro atoms. The first-order valence-electron chi connectivity index (χ1n) is 8.67. The third kappa shape index (κ3) is 3.39. The largest absolute Gasteiger partial charge is 0.206 e. The minimum atomic E-state index is -0.0636. The van der Waals surface area contributed by atoms with E-state index in [4.69, 9.17) is 0 Å². The smallest absolute Gasteiger partial charge is 0.134 e. The molecule has 0 heterocycles. The summed E-state index contributed by atoms with van der Waals surface area (Å²) in [6.07, 6.45) is 10.3. The zero-order chi connectivity index (χ0) is 16.2. The molecule has 0 amide bonds. The molecule has 0 unspecified atom stereocenters. The Kier molecular flexibility index (Phi) is 4.95. The SMILES string of the molecule is C=CCCc1ccc2cc(C3CCC(C=C)CC3)ccc2c1F. The Morgan fingerprint density at radius 1 is 1.04 bits per heavy atom. The summed E-state index contributed by atoms with van der Waals surface area (Å²) in [7, 11) is 0. The standard InChI is InChI=1S/C22H25F/c1-3-5-6-18-11-12-20-15-19(13-14-21(20)22(18)23)17-9-7-16(4-2)8-10-17/h3-4,11-17H,1-2,5-10H2. The first-order valence-corrected chi connectivity index (χ1v) is 8.67. The third-order valence-corrected chi connectivity index (χ3v) is 5.25. The maximum atomic E-state index is 14.6. The average molecular weight is 308 g/mol. The van der Waals surface area contributed by atoms with Gasteiger partial charge in [-0.05, 0) is 66.9 Å². The number of fused-ring (bicyclic) bond motifs is 1. The van der Waals surface area contributed by atoms with Crippen LogP contribution >= 0.6 is 0 Å². The minimum absolute atomic E-state index is 0.0636. The van der Waals surface area contributed by atoms with Crippen LogP contribution in [0.2, 0.25) is 0 Å². The van der Waals surface area contributed by atoms with Crippen molar-refractivity contribution in [1.82, 2.24) is 0 Å². The molecule has 0 aliphatic heterocycles. The molecule has 3 rings (SSSR count). The van der Waals surface area contributed by atoms with Crippen molar-refractivity contribution in [3.63, 3.8) is 0 Å². The Balaban J connectivity index is 1.85. The summed E-state index contributed by atoms with van der Waals surface area (Å²) >= 11 is 0. The van der Waals surface area contributed by atoms with Gasteiger partial charge in [0.25, 0.3) is 0 Å². The summed E-state index contributed by atoms with van der Waals surface area (Å²) in [6.45, 7) is 7.63. The lowest BCUT2D eigenvalue weighted by Gasteiger charge is -2.27. The van der Waals surface area contributed by atoms with Gasteiger partial charge in [-0.3, -0.25) is 0 Å². The molecule has 0 nitrogen and oxygen atoms in total. The second kappa shape index (κ2) is 7.12. The normalized spacial score (nSPS) is 21.3. The van der Waals surface area contributed by atoms with Gasteiger partial charge in [0.15, 0.2) is 0 Å². The summed E-state index contributed by atoms with van der Waals surface area (Å²) in [5.74, 6) is 1.22. The highest BCUT2D eigenvalue weighted by molar-refractivity contribution is 5.84. The summed E-state index contributed by atoms with van der Waals surface area (Å²) in [4.78, 5) is 0. The van der Waals surface area contributed by atoms with Crippen LogP contribution in [0, 0.1) is 11.7 Å². The molecule has 2 aromatic carbocycles. The Bertz CT molecular complexity index is 705. The molecule has 0 aromatic heterocycles. The van der Waals surface area contributed by atoms with Crippen LogP contribution in [0.15, 0.2) is 55.6 Å². The Morgan fingerprint density at radius 3 is 2.52 bits per heavy atom. The second-order valence-electron chi connectivity index (χ2n) is 6.69. The highest BCUT2D eigenvalue weighted by atomic mass is 19.1. The number of rotatable bonds is 5. The fourth-order valence-corrected chi connectivity index (χ4v) is 3.75. The Labute approximate surface area is 138 Å². The van der Waals surface area contributed by atoms with Gasteiger partial charge in [0.1, 0.15) is 5.82 Å². The number of halogens is 1. The van der Waals surface area contributed by atoms with Crippen LogP contribution in [0.1, 0.15) is 49.1 Å². The first kappa shape index (κ1) is 16.0. The number of allylic oxidation sites excluding steroid dienone is 2. The van der Waals surface area contributed by atoms with Crippen molar-refractivity contribution in [2.24, 2.45) is 5.92 Å². The van der Waals surface area contributed by atoms with Gasteiger partial charge in [-0.25, -0.2) is 4.39 Å². The van der Waals surface area contributed by atoms with Gasteiger partial charge in [0.05, 0.1) is 0 Å². The number of hydrogen-bond acceptors (Lipinski definition) is 0. The van der Waals surface area contributed by atoms with E-state index in [9.17, 15) is 4.39 Å². The Morgan fingerprint density at radius 2 is 1.83 bits per heavy atom. The van der Waals surface area contributed by atoms with Crippen molar-refractivity contribution in [2.45, 2.75) is 44.4 Å². The zero-order valence-corrected chi connectivity index (χ0v) is 13.7. The topological polar surface area (TPSA) is 0 Å². The van der Waals surface area contributed by atoms with Crippen molar-refractivity contribution in [1.29, 1.82) is 0 Å². The van der Waals surface area contributed by atoms with Crippen LogP contribution in [0.5, 0.6) is 0 Å². The van der Waals surface area contributed by atoms with Crippen LogP contribution in [0.3, 0.4) is 0 Å². The predicted octanol–water partition coefficient (Wildman–Crippen LogP) is 6.56. The molecule has 1 saturated carbocycles. The zero-order valence-electron chi connectivity index (χ0n) is 13.7. The van der Waals surface area contributed by atoms with Crippen LogP contribution < -0.4 is 0 Å². The highest BCUT2D eigenvalue weighted by Crippen LogP contribution is 2.37. The molecule has 0 radical (unpaired) electrons. The van der Waals surface area contributed by atoms with E-state index >= 15 is 0 Å². The quantitative estimate of drug-likeness (QED) is 0.549. The third-order valence-electron chi connectivity index (χ3n) is 5.25. The van der Waals surface area contributed by atoms with Gasteiger partial charge >= 0.3 is 0 Å². The second-order valence-corrected chi connectivity index (χ2v) is 6.69. The van der Waals surface area contributed by atoms with Crippen LogP contribution in [-0.2, 0) is 6.42 Å². The summed E-state index contributed by atoms with van der Waals surface area (Å²) in [6, 6.07) is 10.3. The molecule has 1 aliphatic rings. The summed E-state index contributed by atoms with van der Waals surface area (Å²) in [5.41, 5.74) is 2.15. The lowest BCUT2D eigenvalue weighted by molar-refractivity contribution is 0.376. The minimum Gasteiger partial charge on any atom is -0.206 e. The molecule has 0 bridgehead atoms. The van der Waals surface area contributed by atoms with E-state index in [1.807, 2.05) is 18.2 Å². The summed E-state index contributed by atoms with van der Waals surface area (Å²) < 4.78 is 14.6. The van der Waals surface area contributed by atoms with Crippen molar-refractivity contribution < 1.29 is 4.39 Å². The van der Waals surface area contributed by atoms with Gasteiger partial charge in [-0.2, -0.15) is 0 Å². The molecule has 1 heteroatoms. The number of hydrogen-bond donors (Lipinski definition) is 0. The molecule has 1 fully saturated rings. The molecule has 120 valence electrons. The van der Waals surface area contributed by atoms with Crippen molar-refractivity contribution in [3.05, 3.63) is 72.6 Å². The lowest BCUT2D eigenvalue weighted by atomic mass is 9.78. The maximum absolute atomic E-state index is 14.6. The first-order chi connectivity index (χ1) is 11.2. The van der Waals surface area contributed by atoms with Crippen LogP contribution in [-0.4, -0.2) is 0 Å². The predicted molar refractivity (Wildman–Crippen MR) is 97.3 cm³/mol. The van der Waals surface area contributed by atoms with Crippen LogP contribution in [0.25, 0.3) is 10.8 Å². The van der Waals surface area contributed by atoms with E-state index < -0.39 is 0 Å². The van der Waals surface area contributed by atoms with E-state index in [0.29, 0.717) is 11.8 Å². The van der Waals surface area contributed by atoms with E-state index in [1.54, 1.807) is 0 Å².